The summed E-state index contributed by atoms with van der Waals surface area (Å²) in [6.45, 7) is 0. The van der Waals surface area contributed by atoms with E-state index in [2.05, 4.69) is 20.7 Å². The molecule has 0 aliphatic carbocycles. The molecule has 160 valence electrons. The molecule has 0 saturated carbocycles. The first-order chi connectivity index (χ1) is 15.5. The molecule has 0 saturated heterocycles. The number of allylic oxidation sites excluding steroid dienone is 1. The third-order valence-electron chi connectivity index (χ3n) is 4.89. The molecule has 5 rings (SSSR count). The SMILES string of the molecule is O=C(Nc1nc2n(n1)C(c1c(F)cccc1Cl)C=C(c1ccc(Cl)cc1)N2)c1cccs1. The molecule has 1 aliphatic rings. The minimum absolute atomic E-state index is 0.0918. The van der Waals surface area contributed by atoms with Crippen molar-refractivity contribution in [2.45, 2.75) is 6.04 Å². The van der Waals surface area contributed by atoms with Crippen LogP contribution in [0.1, 0.15) is 26.8 Å². The molecule has 1 aliphatic heterocycles. The number of carbonyl (C=O) groups is 1. The minimum Gasteiger partial charge on any atom is -0.324 e. The molecule has 10 heteroatoms. The Bertz CT molecular complexity index is 1310. The summed E-state index contributed by atoms with van der Waals surface area (Å²) in [4.78, 5) is 17.4. The molecule has 2 aromatic carbocycles. The monoisotopic (exact) mass is 485 g/mol. The molecule has 0 bridgehead atoms. The van der Waals surface area contributed by atoms with E-state index in [4.69, 9.17) is 23.2 Å². The smallest absolute Gasteiger partial charge is 0.268 e. The van der Waals surface area contributed by atoms with E-state index in [0.29, 0.717) is 21.5 Å². The van der Waals surface area contributed by atoms with Gasteiger partial charge in [-0.1, -0.05) is 47.5 Å². The fraction of sp³-hybridized carbons (Fsp3) is 0.0455. The van der Waals surface area contributed by atoms with E-state index in [1.54, 1.807) is 47.9 Å². The summed E-state index contributed by atoms with van der Waals surface area (Å²) in [5, 5.41) is 12.9. The van der Waals surface area contributed by atoms with Gasteiger partial charge in [-0.05, 0) is 47.4 Å². The highest BCUT2D eigenvalue weighted by atomic mass is 35.5. The normalized spacial score (nSPS) is 15.0. The van der Waals surface area contributed by atoms with Crippen molar-refractivity contribution in [3.8, 4) is 0 Å². The number of halogens is 3. The van der Waals surface area contributed by atoms with Crippen LogP contribution in [-0.4, -0.2) is 20.7 Å². The fourth-order valence-electron chi connectivity index (χ4n) is 3.41. The molecule has 1 unspecified atom stereocenters. The highest BCUT2D eigenvalue weighted by Gasteiger charge is 2.29. The number of hydrogen-bond donors (Lipinski definition) is 2. The zero-order valence-corrected chi connectivity index (χ0v) is 18.5. The van der Waals surface area contributed by atoms with Gasteiger partial charge in [-0.25, -0.2) is 9.07 Å². The Morgan fingerprint density at radius 3 is 2.66 bits per heavy atom. The number of anilines is 2. The van der Waals surface area contributed by atoms with Crippen molar-refractivity contribution in [1.82, 2.24) is 14.8 Å². The summed E-state index contributed by atoms with van der Waals surface area (Å²) in [6.07, 6.45) is 1.81. The summed E-state index contributed by atoms with van der Waals surface area (Å²) < 4.78 is 16.3. The van der Waals surface area contributed by atoms with Crippen LogP contribution in [0.2, 0.25) is 10.0 Å². The molecule has 2 N–H and O–H groups in total. The van der Waals surface area contributed by atoms with Crippen LogP contribution < -0.4 is 10.6 Å². The predicted octanol–water partition coefficient (Wildman–Crippen LogP) is 6.09. The molecule has 0 fully saturated rings. The van der Waals surface area contributed by atoms with Crippen molar-refractivity contribution in [2.75, 3.05) is 10.6 Å². The van der Waals surface area contributed by atoms with E-state index < -0.39 is 11.9 Å². The number of aromatic nitrogens is 3. The van der Waals surface area contributed by atoms with E-state index in [9.17, 15) is 9.18 Å². The van der Waals surface area contributed by atoms with Crippen LogP contribution in [0.3, 0.4) is 0 Å². The molecule has 1 atom stereocenters. The maximum absolute atomic E-state index is 14.8. The van der Waals surface area contributed by atoms with Crippen LogP contribution >= 0.6 is 34.5 Å². The number of rotatable bonds is 4. The van der Waals surface area contributed by atoms with Gasteiger partial charge in [-0.2, -0.15) is 4.98 Å². The van der Waals surface area contributed by atoms with Crippen LogP contribution in [0.15, 0.2) is 66.1 Å². The Balaban J connectivity index is 1.58. The molecule has 3 heterocycles. The molecule has 32 heavy (non-hydrogen) atoms. The van der Waals surface area contributed by atoms with Crippen LogP contribution in [-0.2, 0) is 0 Å². The van der Waals surface area contributed by atoms with Crippen molar-refractivity contribution < 1.29 is 9.18 Å². The molecule has 1 amide bonds. The lowest BCUT2D eigenvalue weighted by Crippen LogP contribution is -2.21. The maximum Gasteiger partial charge on any atom is 0.268 e. The lowest BCUT2D eigenvalue weighted by Gasteiger charge is -2.25. The molecule has 2 aromatic heterocycles. The van der Waals surface area contributed by atoms with Gasteiger partial charge in [0.1, 0.15) is 11.9 Å². The largest absolute Gasteiger partial charge is 0.324 e. The Morgan fingerprint density at radius 2 is 1.94 bits per heavy atom. The van der Waals surface area contributed by atoms with Crippen LogP contribution in [0.25, 0.3) is 5.70 Å². The van der Waals surface area contributed by atoms with Gasteiger partial charge in [0.25, 0.3) is 11.9 Å². The van der Waals surface area contributed by atoms with Crippen molar-refractivity contribution in [1.29, 1.82) is 0 Å². The number of nitrogens with zero attached hydrogens (tertiary/aromatic N) is 3. The zero-order valence-electron chi connectivity index (χ0n) is 16.2. The average molecular weight is 486 g/mol. The third kappa shape index (κ3) is 3.88. The molecule has 6 nitrogen and oxygen atoms in total. The number of carbonyl (C=O) groups excluding carboxylic acids is 1. The Kier molecular flexibility index (Phi) is 5.42. The standard InChI is InChI=1S/C22H14Cl2FN5OS/c23-13-8-6-12(7-9-13)16-11-17(19-14(24)3-1-4-15(19)25)30-22(26-16)28-21(29-30)27-20(31)18-5-2-10-32-18/h1-11,17H,(H2,26,27,28,29,31). The summed E-state index contributed by atoms with van der Waals surface area (Å²) in [5.41, 5.74) is 1.76. The topological polar surface area (TPSA) is 71.8 Å². The number of fused-ring (bicyclic) bond motifs is 1. The van der Waals surface area contributed by atoms with Gasteiger partial charge >= 0.3 is 0 Å². The summed E-state index contributed by atoms with van der Waals surface area (Å²) in [5.74, 6) is -0.367. The first kappa shape index (κ1) is 20.7. The Morgan fingerprint density at radius 1 is 1.12 bits per heavy atom. The van der Waals surface area contributed by atoms with Gasteiger partial charge in [0.15, 0.2) is 0 Å². The molecule has 4 aromatic rings. The van der Waals surface area contributed by atoms with Gasteiger partial charge in [0.05, 0.1) is 4.88 Å². The zero-order chi connectivity index (χ0) is 22.2. The summed E-state index contributed by atoms with van der Waals surface area (Å²) >= 11 is 13.7. The van der Waals surface area contributed by atoms with Crippen molar-refractivity contribution in [3.05, 3.63) is 97.9 Å². The molecule has 0 radical (unpaired) electrons. The quantitative estimate of drug-likeness (QED) is 0.366. The molecule has 0 spiro atoms. The lowest BCUT2D eigenvalue weighted by atomic mass is 10.0. The highest BCUT2D eigenvalue weighted by molar-refractivity contribution is 7.12. The Labute approximate surface area is 196 Å². The number of benzene rings is 2. The Hall–Kier alpha value is -3.20. The van der Waals surface area contributed by atoms with Gasteiger partial charge in [0.2, 0.25) is 5.95 Å². The minimum atomic E-state index is -0.689. The summed E-state index contributed by atoms with van der Waals surface area (Å²) in [6, 6.07) is 14.5. The van der Waals surface area contributed by atoms with Gasteiger partial charge in [-0.3, -0.25) is 10.1 Å². The van der Waals surface area contributed by atoms with E-state index in [0.717, 1.165) is 5.56 Å². The second-order valence-electron chi connectivity index (χ2n) is 6.93. The van der Waals surface area contributed by atoms with Crippen LogP contribution in [0.5, 0.6) is 0 Å². The maximum atomic E-state index is 14.8. The molecular weight excluding hydrogens is 472 g/mol. The fourth-order valence-corrected chi connectivity index (χ4v) is 4.43. The highest BCUT2D eigenvalue weighted by Crippen LogP contribution is 2.37. The van der Waals surface area contributed by atoms with E-state index in [1.807, 2.05) is 12.1 Å². The first-order valence-electron chi connectivity index (χ1n) is 9.49. The lowest BCUT2D eigenvalue weighted by molar-refractivity contribution is 0.102. The average Bonchev–Trinajstić information content (AvgIpc) is 3.44. The first-order valence-corrected chi connectivity index (χ1v) is 11.1. The van der Waals surface area contributed by atoms with Gasteiger partial charge in [0, 0.05) is 21.3 Å². The van der Waals surface area contributed by atoms with Crippen LogP contribution in [0, 0.1) is 5.82 Å². The van der Waals surface area contributed by atoms with E-state index in [1.165, 1.54) is 22.1 Å². The second kappa shape index (κ2) is 8.38. The van der Waals surface area contributed by atoms with Crippen molar-refractivity contribution in [2.24, 2.45) is 0 Å². The number of amides is 1. The van der Waals surface area contributed by atoms with Gasteiger partial charge < -0.3 is 5.32 Å². The second-order valence-corrected chi connectivity index (χ2v) is 8.72. The predicted molar refractivity (Wildman–Crippen MR) is 125 cm³/mol. The van der Waals surface area contributed by atoms with E-state index >= 15 is 0 Å². The number of thiophene rings is 1. The van der Waals surface area contributed by atoms with Crippen LogP contribution in [0.4, 0.5) is 16.3 Å². The summed E-state index contributed by atoms with van der Waals surface area (Å²) in [7, 11) is 0. The third-order valence-corrected chi connectivity index (χ3v) is 6.34. The van der Waals surface area contributed by atoms with Crippen molar-refractivity contribution in [3.63, 3.8) is 0 Å². The number of nitrogens with one attached hydrogen (secondary N) is 2. The number of hydrogen-bond acceptors (Lipinski definition) is 5. The van der Waals surface area contributed by atoms with Crippen molar-refractivity contribution >= 4 is 58.0 Å². The molecular formula is C22H14Cl2FN5OS. The van der Waals surface area contributed by atoms with Gasteiger partial charge in [-0.15, -0.1) is 16.4 Å². The van der Waals surface area contributed by atoms with E-state index in [-0.39, 0.29) is 22.4 Å².